The molecule has 1 heterocycles. The first-order chi connectivity index (χ1) is 7.95. The molecule has 1 aromatic rings. The molecule has 0 spiro atoms. The van der Waals surface area contributed by atoms with Gasteiger partial charge < -0.3 is 0 Å². The molecule has 7 nitrogen and oxygen atoms in total. The molecule has 0 saturated carbocycles. The number of hydrogen-bond acceptors (Lipinski definition) is 5. The largest absolute Gasteiger partial charge is 0.281 e. The number of nitriles is 2. The Bertz CT molecular complexity index is 554. The molecule has 0 aliphatic rings. The predicted molar refractivity (Wildman–Crippen MR) is 58.0 cm³/mol. The summed E-state index contributed by atoms with van der Waals surface area (Å²) in [5.74, 6) is 0. The molecule has 8 heteroatoms. The highest BCUT2D eigenvalue weighted by atomic mass is 32.2. The van der Waals surface area contributed by atoms with E-state index in [1.807, 2.05) is 0 Å². The first-order valence-corrected chi connectivity index (χ1v) is 6.14. The molecule has 0 amide bonds. The lowest BCUT2D eigenvalue weighted by Crippen LogP contribution is -2.32. The number of aryl methyl sites for hydroxylation is 2. The van der Waals surface area contributed by atoms with Crippen LogP contribution in [-0.2, 0) is 10.0 Å². The van der Waals surface area contributed by atoms with Crippen molar-refractivity contribution < 1.29 is 8.42 Å². The summed E-state index contributed by atoms with van der Waals surface area (Å²) in [6.07, 6.45) is 0. The molecule has 1 N–H and O–H groups in total. The Hall–Kier alpha value is -1.90. The van der Waals surface area contributed by atoms with Gasteiger partial charge in [0.05, 0.1) is 23.5 Å². The van der Waals surface area contributed by atoms with Gasteiger partial charge in [0.25, 0.3) is 0 Å². The normalized spacial score (nSPS) is 11.1. The van der Waals surface area contributed by atoms with E-state index < -0.39 is 10.0 Å². The van der Waals surface area contributed by atoms with Gasteiger partial charge in [-0.05, 0) is 13.8 Å². The van der Waals surface area contributed by atoms with Gasteiger partial charge in [-0.2, -0.15) is 19.9 Å². The van der Waals surface area contributed by atoms with Crippen molar-refractivity contribution in [3.63, 3.8) is 0 Å². The van der Waals surface area contributed by atoms with Crippen molar-refractivity contribution in [3.05, 3.63) is 11.4 Å². The highest BCUT2D eigenvalue weighted by Crippen LogP contribution is 2.20. The zero-order chi connectivity index (χ0) is 13.1. The minimum Gasteiger partial charge on any atom is -0.281 e. The van der Waals surface area contributed by atoms with E-state index >= 15 is 0 Å². The Kier molecular flexibility index (Phi) is 3.84. The van der Waals surface area contributed by atoms with Crippen molar-refractivity contribution in [2.24, 2.45) is 0 Å². The Morgan fingerprint density at radius 2 is 1.82 bits per heavy atom. The summed E-state index contributed by atoms with van der Waals surface area (Å²) < 4.78 is 25.2. The molecule has 17 heavy (non-hydrogen) atoms. The second-order valence-electron chi connectivity index (χ2n) is 3.35. The lowest BCUT2D eigenvalue weighted by molar-refractivity contribution is 0.478. The van der Waals surface area contributed by atoms with Crippen LogP contribution in [0.5, 0.6) is 0 Å². The molecule has 0 bridgehead atoms. The van der Waals surface area contributed by atoms with E-state index in [4.69, 9.17) is 10.5 Å². The highest BCUT2D eigenvalue weighted by molar-refractivity contribution is 7.89. The lowest BCUT2D eigenvalue weighted by Gasteiger charge is -2.15. The third kappa shape index (κ3) is 2.44. The molecule has 1 rings (SSSR count). The monoisotopic (exact) mass is 253 g/mol. The van der Waals surface area contributed by atoms with E-state index in [2.05, 4.69) is 10.2 Å². The number of nitrogens with zero attached hydrogens (tertiary/aromatic N) is 4. The minimum atomic E-state index is -3.85. The van der Waals surface area contributed by atoms with Crippen molar-refractivity contribution in [2.45, 2.75) is 18.7 Å². The number of H-pyrrole nitrogens is 1. The third-order valence-electron chi connectivity index (χ3n) is 2.15. The van der Waals surface area contributed by atoms with Gasteiger partial charge in [-0.3, -0.25) is 5.10 Å². The molecule has 0 saturated heterocycles. The number of rotatable bonds is 4. The van der Waals surface area contributed by atoms with E-state index in [9.17, 15) is 8.42 Å². The third-order valence-corrected chi connectivity index (χ3v) is 4.21. The number of nitrogens with one attached hydrogen (secondary N) is 1. The summed E-state index contributed by atoms with van der Waals surface area (Å²) in [6.45, 7) is 2.40. The summed E-state index contributed by atoms with van der Waals surface area (Å²) in [4.78, 5) is 0.0306. The summed E-state index contributed by atoms with van der Waals surface area (Å²) in [5.41, 5.74) is 0.715. The summed E-state index contributed by atoms with van der Waals surface area (Å²) in [6, 6.07) is 3.45. The predicted octanol–water partition coefficient (Wildman–Crippen LogP) is 0.0644. The molecule has 0 aliphatic carbocycles. The number of aromatic nitrogens is 2. The number of aromatic amines is 1. The minimum absolute atomic E-state index is 0.0306. The topological polar surface area (TPSA) is 114 Å². The van der Waals surface area contributed by atoms with Crippen molar-refractivity contribution in [2.75, 3.05) is 13.1 Å². The quantitative estimate of drug-likeness (QED) is 0.762. The Balaban J connectivity index is 3.28. The van der Waals surface area contributed by atoms with Crippen LogP contribution in [0, 0.1) is 36.5 Å². The van der Waals surface area contributed by atoms with Gasteiger partial charge >= 0.3 is 0 Å². The molecule has 0 radical (unpaired) electrons. The van der Waals surface area contributed by atoms with Crippen LogP contribution in [0.1, 0.15) is 11.4 Å². The first-order valence-electron chi connectivity index (χ1n) is 4.70. The molecule has 90 valence electrons. The fraction of sp³-hybridized carbons (Fsp3) is 0.444. The average molecular weight is 253 g/mol. The molecule has 0 fully saturated rings. The number of sulfonamides is 1. The van der Waals surface area contributed by atoms with Crippen LogP contribution in [0.25, 0.3) is 0 Å². The lowest BCUT2D eigenvalue weighted by atomic mass is 10.4. The SMILES string of the molecule is Cc1n[nH]c(C)c1S(=O)(=O)N(CC#N)CC#N. The van der Waals surface area contributed by atoms with E-state index in [0.29, 0.717) is 11.4 Å². The summed E-state index contributed by atoms with van der Waals surface area (Å²) in [5, 5.41) is 23.5. The van der Waals surface area contributed by atoms with Crippen LogP contribution in [0.2, 0.25) is 0 Å². The molecule has 0 atom stereocenters. The zero-order valence-electron chi connectivity index (χ0n) is 9.43. The second kappa shape index (κ2) is 4.95. The summed E-state index contributed by atoms with van der Waals surface area (Å²) in [7, 11) is -3.85. The van der Waals surface area contributed by atoms with E-state index in [1.54, 1.807) is 26.0 Å². The molecular weight excluding hydrogens is 242 g/mol. The van der Waals surface area contributed by atoms with Crippen LogP contribution >= 0.6 is 0 Å². The highest BCUT2D eigenvalue weighted by Gasteiger charge is 2.29. The smallest absolute Gasteiger partial charge is 0.248 e. The van der Waals surface area contributed by atoms with Gasteiger partial charge in [0, 0.05) is 0 Å². The Labute approximate surface area is 99.3 Å². The average Bonchev–Trinajstić information content (AvgIpc) is 2.58. The van der Waals surface area contributed by atoms with Gasteiger partial charge in [-0.1, -0.05) is 0 Å². The maximum absolute atomic E-state index is 12.2. The Morgan fingerprint density at radius 1 is 1.29 bits per heavy atom. The van der Waals surface area contributed by atoms with Crippen LogP contribution < -0.4 is 0 Å². The standard InChI is InChI=1S/C9H11N5O2S/c1-7-9(8(2)13-12-7)17(15,16)14(5-3-10)6-4-11/h5-6H2,1-2H3,(H,12,13). The van der Waals surface area contributed by atoms with Gasteiger partial charge in [0.1, 0.15) is 18.0 Å². The molecule has 0 aromatic carbocycles. The van der Waals surface area contributed by atoms with Crippen LogP contribution in [0.15, 0.2) is 4.90 Å². The van der Waals surface area contributed by atoms with Gasteiger partial charge in [0.2, 0.25) is 10.0 Å². The fourth-order valence-electron chi connectivity index (χ4n) is 1.43. The van der Waals surface area contributed by atoms with Crippen LogP contribution in [0.3, 0.4) is 0 Å². The molecular formula is C9H11N5O2S. The Morgan fingerprint density at radius 3 is 2.18 bits per heavy atom. The second-order valence-corrected chi connectivity index (χ2v) is 5.23. The fourth-order valence-corrected chi connectivity index (χ4v) is 3.00. The van der Waals surface area contributed by atoms with Crippen molar-refractivity contribution in [1.29, 1.82) is 10.5 Å². The first kappa shape index (κ1) is 13.2. The molecule has 0 unspecified atom stereocenters. The van der Waals surface area contributed by atoms with Crippen molar-refractivity contribution in [1.82, 2.24) is 14.5 Å². The molecule has 1 aromatic heterocycles. The summed E-state index contributed by atoms with van der Waals surface area (Å²) >= 11 is 0. The van der Waals surface area contributed by atoms with Gasteiger partial charge in [0.15, 0.2) is 0 Å². The maximum Gasteiger partial charge on any atom is 0.248 e. The van der Waals surface area contributed by atoms with Crippen molar-refractivity contribution >= 4 is 10.0 Å². The van der Waals surface area contributed by atoms with Crippen LogP contribution in [-0.4, -0.2) is 36.0 Å². The van der Waals surface area contributed by atoms with Crippen molar-refractivity contribution in [3.8, 4) is 12.1 Å². The zero-order valence-corrected chi connectivity index (χ0v) is 10.2. The number of hydrogen-bond donors (Lipinski definition) is 1. The van der Waals surface area contributed by atoms with E-state index in [0.717, 1.165) is 4.31 Å². The van der Waals surface area contributed by atoms with Crippen LogP contribution in [0.4, 0.5) is 0 Å². The maximum atomic E-state index is 12.2. The van der Waals surface area contributed by atoms with E-state index in [-0.39, 0.29) is 18.0 Å². The van der Waals surface area contributed by atoms with Gasteiger partial charge in [-0.15, -0.1) is 0 Å². The molecule has 0 aliphatic heterocycles. The van der Waals surface area contributed by atoms with E-state index in [1.165, 1.54) is 0 Å². The van der Waals surface area contributed by atoms with Gasteiger partial charge in [-0.25, -0.2) is 8.42 Å².